The summed E-state index contributed by atoms with van der Waals surface area (Å²) in [6.07, 6.45) is 2.23. The van der Waals surface area contributed by atoms with Gasteiger partial charge < -0.3 is 14.2 Å². The number of aromatic nitrogens is 3. The summed E-state index contributed by atoms with van der Waals surface area (Å²) < 4.78 is 22.9. The van der Waals surface area contributed by atoms with Crippen molar-refractivity contribution in [1.82, 2.24) is 14.5 Å². The Hall–Kier alpha value is -4.70. The monoisotopic (exact) mass is 491 g/mol. The molecule has 0 aliphatic carbocycles. The molecule has 0 saturated carbocycles. The third-order valence-electron chi connectivity index (χ3n) is 6.24. The standard InChI is InChI=1S/C30H26FN5O/c1-3-24-14-23(17-32)15-25(31)29(24)37-27-16-26(28-30(34-27)35(2)20-33-28)36(18-21-10-6-4-7-11-21)19-22-12-8-5-9-13-22/h4-16,20H,3,18-19H2,1-2H3. The van der Waals surface area contributed by atoms with Crippen LogP contribution in [0.5, 0.6) is 11.6 Å². The minimum atomic E-state index is -0.588. The summed E-state index contributed by atoms with van der Waals surface area (Å²) in [5, 5.41) is 9.24. The Bertz CT molecular complexity index is 1530. The van der Waals surface area contributed by atoms with Crippen molar-refractivity contribution in [3.8, 4) is 17.7 Å². The summed E-state index contributed by atoms with van der Waals surface area (Å²) in [7, 11) is 1.87. The van der Waals surface area contributed by atoms with Gasteiger partial charge in [0.15, 0.2) is 17.2 Å². The maximum absolute atomic E-state index is 15.0. The molecule has 0 saturated heterocycles. The number of anilines is 1. The number of benzene rings is 3. The molecule has 5 aromatic rings. The molecule has 0 unspecified atom stereocenters. The van der Waals surface area contributed by atoms with Gasteiger partial charge in [-0.3, -0.25) is 0 Å². The Balaban J connectivity index is 1.62. The van der Waals surface area contributed by atoms with Crippen LogP contribution >= 0.6 is 0 Å². The highest BCUT2D eigenvalue weighted by molar-refractivity contribution is 5.87. The minimum Gasteiger partial charge on any atom is -0.436 e. The highest BCUT2D eigenvalue weighted by Gasteiger charge is 2.20. The molecule has 37 heavy (non-hydrogen) atoms. The van der Waals surface area contributed by atoms with Crippen LogP contribution in [-0.4, -0.2) is 14.5 Å². The predicted octanol–water partition coefficient (Wildman–Crippen LogP) is 6.54. The molecular weight excluding hydrogens is 465 g/mol. The van der Waals surface area contributed by atoms with Crippen molar-refractivity contribution in [2.45, 2.75) is 26.4 Å². The van der Waals surface area contributed by atoms with Gasteiger partial charge in [-0.25, -0.2) is 9.37 Å². The topological polar surface area (TPSA) is 67.0 Å². The Morgan fingerprint density at radius 3 is 2.22 bits per heavy atom. The maximum atomic E-state index is 15.0. The van der Waals surface area contributed by atoms with Gasteiger partial charge in [-0.1, -0.05) is 67.6 Å². The Morgan fingerprint density at radius 1 is 0.973 bits per heavy atom. The van der Waals surface area contributed by atoms with E-state index in [2.05, 4.69) is 39.1 Å². The average Bonchev–Trinajstić information content (AvgIpc) is 3.30. The molecule has 7 heteroatoms. The number of aryl methyl sites for hydroxylation is 2. The highest BCUT2D eigenvalue weighted by Crippen LogP contribution is 2.35. The molecule has 184 valence electrons. The van der Waals surface area contributed by atoms with Gasteiger partial charge in [0.25, 0.3) is 0 Å². The zero-order valence-electron chi connectivity index (χ0n) is 20.7. The van der Waals surface area contributed by atoms with Crippen molar-refractivity contribution in [3.05, 3.63) is 113 Å². The van der Waals surface area contributed by atoms with Crippen molar-refractivity contribution in [2.75, 3.05) is 4.90 Å². The van der Waals surface area contributed by atoms with Crippen LogP contribution in [0.25, 0.3) is 11.2 Å². The van der Waals surface area contributed by atoms with E-state index in [0.717, 1.165) is 22.3 Å². The molecular formula is C30H26FN5O. The van der Waals surface area contributed by atoms with Crippen molar-refractivity contribution in [2.24, 2.45) is 7.05 Å². The summed E-state index contributed by atoms with van der Waals surface area (Å²) in [5.74, 6) is -0.246. The van der Waals surface area contributed by atoms with Crippen LogP contribution in [0.2, 0.25) is 0 Å². The Kier molecular flexibility index (Phi) is 6.82. The molecule has 2 heterocycles. The van der Waals surface area contributed by atoms with E-state index < -0.39 is 5.82 Å². The first-order valence-corrected chi connectivity index (χ1v) is 12.1. The van der Waals surface area contributed by atoms with Crippen molar-refractivity contribution in [3.63, 3.8) is 0 Å². The number of fused-ring (bicyclic) bond motifs is 1. The molecule has 0 atom stereocenters. The van der Waals surface area contributed by atoms with E-state index in [4.69, 9.17) is 4.74 Å². The largest absolute Gasteiger partial charge is 0.436 e. The number of rotatable bonds is 8. The molecule has 5 rings (SSSR count). The molecule has 0 aliphatic heterocycles. The van der Waals surface area contributed by atoms with Gasteiger partial charge in [-0.2, -0.15) is 10.2 Å². The number of pyridine rings is 1. The third-order valence-corrected chi connectivity index (χ3v) is 6.24. The zero-order chi connectivity index (χ0) is 25.8. The first-order chi connectivity index (χ1) is 18.1. The van der Waals surface area contributed by atoms with Crippen LogP contribution in [-0.2, 0) is 26.6 Å². The molecule has 0 radical (unpaired) electrons. The predicted molar refractivity (Wildman–Crippen MR) is 142 cm³/mol. The SMILES string of the molecule is CCc1cc(C#N)cc(F)c1Oc1cc(N(Cc2ccccc2)Cc2ccccc2)c2ncn(C)c2n1. The summed E-state index contributed by atoms with van der Waals surface area (Å²) in [4.78, 5) is 11.5. The molecule has 6 nitrogen and oxygen atoms in total. The lowest BCUT2D eigenvalue weighted by Gasteiger charge is -2.26. The summed E-state index contributed by atoms with van der Waals surface area (Å²) in [6.45, 7) is 3.17. The first kappa shape index (κ1) is 24.0. The van der Waals surface area contributed by atoms with E-state index in [-0.39, 0.29) is 17.2 Å². The van der Waals surface area contributed by atoms with Gasteiger partial charge >= 0.3 is 0 Å². The van der Waals surface area contributed by atoms with E-state index in [1.165, 1.54) is 6.07 Å². The van der Waals surface area contributed by atoms with Crippen LogP contribution in [0.15, 0.2) is 85.2 Å². The average molecular weight is 492 g/mol. The summed E-state index contributed by atoms with van der Waals surface area (Å²) in [5.41, 5.74) is 5.36. The van der Waals surface area contributed by atoms with Crippen molar-refractivity contribution >= 4 is 16.9 Å². The summed E-state index contributed by atoms with van der Waals surface area (Å²) >= 11 is 0. The molecule has 0 fully saturated rings. The van der Waals surface area contributed by atoms with Crippen LogP contribution in [0.4, 0.5) is 10.1 Å². The molecule has 0 N–H and O–H groups in total. The molecule has 0 bridgehead atoms. The molecule has 2 aromatic heterocycles. The second-order valence-electron chi connectivity index (χ2n) is 8.85. The van der Waals surface area contributed by atoms with E-state index in [0.29, 0.717) is 30.7 Å². The lowest BCUT2D eigenvalue weighted by atomic mass is 10.1. The number of nitrogens with zero attached hydrogens (tertiary/aromatic N) is 5. The second kappa shape index (κ2) is 10.5. The highest BCUT2D eigenvalue weighted by atomic mass is 19.1. The van der Waals surface area contributed by atoms with Gasteiger partial charge in [0.2, 0.25) is 5.88 Å². The molecule has 0 spiro atoms. The minimum absolute atomic E-state index is 0.0825. The van der Waals surface area contributed by atoms with Gasteiger partial charge in [-0.05, 0) is 35.2 Å². The lowest BCUT2D eigenvalue weighted by molar-refractivity contribution is 0.423. The molecule has 0 amide bonds. The van der Waals surface area contributed by atoms with Gasteiger partial charge in [0.1, 0.15) is 5.52 Å². The number of nitriles is 1. The molecule has 3 aromatic carbocycles. The summed E-state index contributed by atoms with van der Waals surface area (Å²) in [6, 6.07) is 27.1. The van der Waals surface area contributed by atoms with Crippen LogP contribution in [0, 0.1) is 17.1 Å². The third kappa shape index (κ3) is 5.14. The fourth-order valence-corrected chi connectivity index (χ4v) is 4.38. The number of hydrogen-bond donors (Lipinski definition) is 0. The van der Waals surface area contributed by atoms with Gasteiger partial charge in [0.05, 0.1) is 23.6 Å². The van der Waals surface area contributed by atoms with Crippen LogP contribution < -0.4 is 9.64 Å². The normalized spacial score (nSPS) is 10.9. The van der Waals surface area contributed by atoms with E-state index in [9.17, 15) is 5.26 Å². The lowest BCUT2D eigenvalue weighted by Crippen LogP contribution is -2.22. The number of hydrogen-bond acceptors (Lipinski definition) is 5. The van der Waals surface area contributed by atoms with Crippen molar-refractivity contribution < 1.29 is 9.13 Å². The fraction of sp³-hybridized carbons (Fsp3) is 0.167. The van der Waals surface area contributed by atoms with Crippen LogP contribution in [0.3, 0.4) is 0 Å². The van der Waals surface area contributed by atoms with Gasteiger partial charge in [-0.15, -0.1) is 0 Å². The Morgan fingerprint density at radius 2 is 1.62 bits per heavy atom. The fourth-order valence-electron chi connectivity index (χ4n) is 4.38. The van der Waals surface area contributed by atoms with Crippen LogP contribution in [0.1, 0.15) is 29.2 Å². The van der Waals surface area contributed by atoms with Gasteiger partial charge in [0, 0.05) is 26.2 Å². The number of halogens is 1. The van der Waals surface area contributed by atoms with E-state index in [1.54, 1.807) is 12.4 Å². The Labute approximate surface area is 215 Å². The zero-order valence-corrected chi connectivity index (χ0v) is 20.7. The smallest absolute Gasteiger partial charge is 0.223 e. The molecule has 0 aliphatic rings. The number of imidazole rings is 1. The quantitative estimate of drug-likeness (QED) is 0.247. The maximum Gasteiger partial charge on any atom is 0.223 e. The van der Waals surface area contributed by atoms with E-state index >= 15 is 4.39 Å². The van der Waals surface area contributed by atoms with E-state index in [1.807, 2.05) is 67.1 Å². The second-order valence-corrected chi connectivity index (χ2v) is 8.85. The van der Waals surface area contributed by atoms with Crippen molar-refractivity contribution in [1.29, 1.82) is 5.26 Å². The first-order valence-electron chi connectivity index (χ1n) is 12.1. The number of ether oxygens (including phenoxy) is 1.